The van der Waals surface area contributed by atoms with E-state index in [1.165, 1.54) is 0 Å². The van der Waals surface area contributed by atoms with Gasteiger partial charge in [0.2, 0.25) is 0 Å². The Bertz CT molecular complexity index is 1120. The zero-order chi connectivity index (χ0) is 21.6. The molecule has 2 heterocycles. The number of aromatic nitrogens is 4. The summed E-state index contributed by atoms with van der Waals surface area (Å²) in [6.45, 7) is 6.96. The van der Waals surface area contributed by atoms with Crippen LogP contribution in [-0.2, 0) is 19.7 Å². The molecule has 0 aliphatic heterocycles. The van der Waals surface area contributed by atoms with Crippen molar-refractivity contribution in [3.63, 3.8) is 0 Å². The Morgan fingerprint density at radius 2 is 1.84 bits per heavy atom. The van der Waals surface area contributed by atoms with Crippen molar-refractivity contribution in [3.05, 3.63) is 67.0 Å². The first-order valence-electron chi connectivity index (χ1n) is 10.5. The van der Waals surface area contributed by atoms with Crippen molar-refractivity contribution < 1.29 is 14.2 Å². The van der Waals surface area contributed by atoms with E-state index in [9.17, 15) is 0 Å². The molecule has 31 heavy (non-hydrogen) atoms. The van der Waals surface area contributed by atoms with Crippen molar-refractivity contribution in [1.29, 1.82) is 0 Å². The molecule has 0 saturated carbocycles. The lowest BCUT2D eigenvalue weighted by Gasteiger charge is -2.13. The van der Waals surface area contributed by atoms with Gasteiger partial charge in [0.25, 0.3) is 0 Å². The van der Waals surface area contributed by atoms with Crippen LogP contribution in [0.2, 0.25) is 0 Å². The van der Waals surface area contributed by atoms with Crippen LogP contribution in [0.25, 0.3) is 11.0 Å². The highest BCUT2D eigenvalue weighted by Crippen LogP contribution is 2.25. The van der Waals surface area contributed by atoms with E-state index in [0.717, 1.165) is 47.2 Å². The fourth-order valence-electron chi connectivity index (χ4n) is 3.45. The molecule has 0 atom stereocenters. The van der Waals surface area contributed by atoms with Crippen molar-refractivity contribution in [2.45, 2.75) is 33.5 Å². The van der Waals surface area contributed by atoms with Gasteiger partial charge in [-0.25, -0.2) is 9.97 Å². The molecule has 0 spiro atoms. The van der Waals surface area contributed by atoms with Crippen LogP contribution < -0.4 is 14.2 Å². The SMILES string of the molecule is COc1cccc(OCc2nc3ccc(OCCn4ccnc4)cc3n2CC(C)C)c1. The van der Waals surface area contributed by atoms with Crippen LogP contribution in [0.1, 0.15) is 19.7 Å². The lowest BCUT2D eigenvalue weighted by atomic mass is 10.2. The number of nitrogens with zero attached hydrogens (tertiary/aromatic N) is 4. The summed E-state index contributed by atoms with van der Waals surface area (Å²) < 4.78 is 21.5. The van der Waals surface area contributed by atoms with Crippen molar-refractivity contribution in [1.82, 2.24) is 19.1 Å². The molecule has 0 radical (unpaired) electrons. The average molecular weight is 421 g/mol. The Balaban J connectivity index is 1.53. The molecule has 4 rings (SSSR count). The number of benzene rings is 2. The number of fused-ring (bicyclic) bond motifs is 1. The van der Waals surface area contributed by atoms with E-state index < -0.39 is 0 Å². The molecule has 0 aliphatic rings. The van der Waals surface area contributed by atoms with Gasteiger partial charge in [-0.15, -0.1) is 0 Å². The van der Waals surface area contributed by atoms with Crippen LogP contribution in [-0.4, -0.2) is 32.8 Å². The minimum atomic E-state index is 0.380. The second-order valence-electron chi connectivity index (χ2n) is 7.80. The minimum absolute atomic E-state index is 0.380. The van der Waals surface area contributed by atoms with Crippen LogP contribution >= 0.6 is 0 Å². The van der Waals surface area contributed by atoms with Crippen LogP contribution in [0.4, 0.5) is 0 Å². The lowest BCUT2D eigenvalue weighted by Crippen LogP contribution is -2.11. The average Bonchev–Trinajstić information content (AvgIpc) is 3.40. The van der Waals surface area contributed by atoms with Crippen LogP contribution in [0.3, 0.4) is 0 Å². The number of hydrogen-bond acceptors (Lipinski definition) is 5. The third-order valence-electron chi connectivity index (χ3n) is 4.93. The summed E-state index contributed by atoms with van der Waals surface area (Å²) in [7, 11) is 1.65. The van der Waals surface area contributed by atoms with Gasteiger partial charge in [-0.3, -0.25) is 0 Å². The molecule has 2 aromatic carbocycles. The molecule has 4 aromatic rings. The van der Waals surface area contributed by atoms with Crippen molar-refractivity contribution in [2.75, 3.05) is 13.7 Å². The monoisotopic (exact) mass is 420 g/mol. The van der Waals surface area contributed by atoms with Gasteiger partial charge in [0, 0.05) is 31.1 Å². The number of methoxy groups -OCH3 is 1. The van der Waals surface area contributed by atoms with E-state index >= 15 is 0 Å². The quantitative estimate of drug-likeness (QED) is 0.376. The first-order valence-corrected chi connectivity index (χ1v) is 10.5. The van der Waals surface area contributed by atoms with Crippen LogP contribution in [0.5, 0.6) is 17.2 Å². The first kappa shape index (κ1) is 20.8. The highest BCUT2D eigenvalue weighted by atomic mass is 16.5. The summed E-state index contributed by atoms with van der Waals surface area (Å²) >= 11 is 0. The second kappa shape index (κ2) is 9.55. The Labute approximate surface area is 182 Å². The van der Waals surface area contributed by atoms with Gasteiger partial charge in [-0.05, 0) is 30.2 Å². The lowest BCUT2D eigenvalue weighted by molar-refractivity contribution is 0.285. The normalized spacial score (nSPS) is 11.2. The Kier molecular flexibility index (Phi) is 6.40. The van der Waals surface area contributed by atoms with Gasteiger partial charge in [0.05, 0.1) is 31.0 Å². The van der Waals surface area contributed by atoms with E-state index in [0.29, 0.717) is 19.1 Å². The Morgan fingerprint density at radius 1 is 1.00 bits per heavy atom. The van der Waals surface area contributed by atoms with Crippen molar-refractivity contribution in [3.8, 4) is 17.2 Å². The summed E-state index contributed by atoms with van der Waals surface area (Å²) in [4.78, 5) is 8.88. The number of ether oxygens (including phenoxy) is 3. The van der Waals surface area contributed by atoms with Gasteiger partial charge in [0.15, 0.2) is 0 Å². The fraction of sp³-hybridized carbons (Fsp3) is 0.333. The third kappa shape index (κ3) is 5.17. The van der Waals surface area contributed by atoms with E-state index in [1.807, 2.05) is 47.2 Å². The smallest absolute Gasteiger partial charge is 0.148 e. The van der Waals surface area contributed by atoms with Gasteiger partial charge < -0.3 is 23.3 Å². The summed E-state index contributed by atoms with van der Waals surface area (Å²) in [5.41, 5.74) is 1.99. The van der Waals surface area contributed by atoms with E-state index in [1.54, 1.807) is 19.6 Å². The predicted molar refractivity (Wildman–Crippen MR) is 120 cm³/mol. The van der Waals surface area contributed by atoms with E-state index in [4.69, 9.17) is 19.2 Å². The van der Waals surface area contributed by atoms with Gasteiger partial charge in [-0.1, -0.05) is 19.9 Å². The highest BCUT2D eigenvalue weighted by Gasteiger charge is 2.14. The summed E-state index contributed by atoms with van der Waals surface area (Å²) in [5, 5.41) is 0. The standard InChI is InChI=1S/C24H28N4O3/c1-18(2)15-28-23-14-21(30-12-11-27-10-9-25-17-27)7-8-22(23)26-24(28)16-31-20-6-4-5-19(13-20)29-3/h4-10,13-14,17-18H,11-12,15-16H2,1-3H3. The topological polar surface area (TPSA) is 63.3 Å². The Morgan fingerprint density at radius 3 is 2.61 bits per heavy atom. The predicted octanol–water partition coefficient (Wildman–Crippen LogP) is 4.56. The summed E-state index contributed by atoms with van der Waals surface area (Å²) in [6.07, 6.45) is 5.49. The molecule has 0 aliphatic carbocycles. The maximum Gasteiger partial charge on any atom is 0.148 e. The molecule has 0 N–H and O–H groups in total. The Hall–Kier alpha value is -3.48. The fourth-order valence-corrected chi connectivity index (χ4v) is 3.45. The minimum Gasteiger partial charge on any atom is -0.497 e. The molecule has 0 bridgehead atoms. The largest absolute Gasteiger partial charge is 0.497 e. The van der Waals surface area contributed by atoms with Crippen LogP contribution in [0, 0.1) is 5.92 Å². The van der Waals surface area contributed by atoms with Crippen molar-refractivity contribution >= 4 is 11.0 Å². The highest BCUT2D eigenvalue weighted by molar-refractivity contribution is 5.77. The molecule has 0 saturated heterocycles. The number of rotatable bonds is 10. The summed E-state index contributed by atoms with van der Waals surface area (Å²) in [6, 6.07) is 13.6. The van der Waals surface area contributed by atoms with Gasteiger partial charge >= 0.3 is 0 Å². The molecule has 2 aromatic heterocycles. The second-order valence-corrected chi connectivity index (χ2v) is 7.80. The molecular weight excluding hydrogens is 392 g/mol. The van der Waals surface area contributed by atoms with Crippen molar-refractivity contribution in [2.24, 2.45) is 5.92 Å². The zero-order valence-corrected chi connectivity index (χ0v) is 18.2. The van der Waals surface area contributed by atoms with Gasteiger partial charge in [0.1, 0.15) is 36.3 Å². The number of hydrogen-bond donors (Lipinski definition) is 0. The summed E-state index contributed by atoms with van der Waals surface area (Å²) in [5.74, 6) is 3.72. The van der Waals surface area contributed by atoms with E-state index in [2.05, 4.69) is 29.5 Å². The van der Waals surface area contributed by atoms with E-state index in [-0.39, 0.29) is 0 Å². The molecule has 7 heteroatoms. The third-order valence-corrected chi connectivity index (χ3v) is 4.93. The maximum atomic E-state index is 6.02. The number of imidazole rings is 2. The van der Waals surface area contributed by atoms with Gasteiger partial charge in [-0.2, -0.15) is 0 Å². The molecular formula is C24H28N4O3. The molecule has 0 amide bonds. The zero-order valence-electron chi connectivity index (χ0n) is 18.2. The molecule has 0 fully saturated rings. The van der Waals surface area contributed by atoms with Crippen LogP contribution in [0.15, 0.2) is 61.2 Å². The molecule has 162 valence electrons. The molecule has 7 nitrogen and oxygen atoms in total. The first-order chi connectivity index (χ1) is 15.1. The molecule has 0 unspecified atom stereocenters. The maximum absolute atomic E-state index is 6.02.